The Balaban J connectivity index is 1.16. The first-order valence-electron chi connectivity index (χ1n) is 14.2. The Morgan fingerprint density at radius 1 is 1.00 bits per heavy atom. The summed E-state index contributed by atoms with van der Waals surface area (Å²) in [5, 5.41) is 22.3. The first-order chi connectivity index (χ1) is 16.6. The van der Waals surface area contributed by atoms with Gasteiger partial charge in [-0.3, -0.25) is 0 Å². The van der Waals surface area contributed by atoms with Gasteiger partial charge in [0.1, 0.15) is 6.61 Å². The Hall–Kier alpha value is -0.950. The third kappa shape index (κ3) is 3.68. The predicted octanol–water partition coefficient (Wildman–Crippen LogP) is 4.51. The van der Waals surface area contributed by atoms with Gasteiger partial charge < -0.3 is 24.4 Å². The number of hydrogen-bond acceptors (Lipinski definition) is 6. The summed E-state index contributed by atoms with van der Waals surface area (Å²) in [5.74, 6) is 1.56. The second-order valence-electron chi connectivity index (χ2n) is 13.2. The Kier molecular flexibility index (Phi) is 5.95. The maximum atomic E-state index is 12.4. The number of fused-ring (bicyclic) bond motifs is 5. The van der Waals surface area contributed by atoms with Gasteiger partial charge in [0.05, 0.1) is 23.9 Å². The average Bonchev–Trinajstić information content (AvgIpc) is 3.36. The number of ether oxygens (including phenoxy) is 3. The van der Waals surface area contributed by atoms with Gasteiger partial charge in [0, 0.05) is 17.9 Å². The lowest BCUT2D eigenvalue weighted by Crippen LogP contribution is -2.62. The van der Waals surface area contributed by atoms with Crippen molar-refractivity contribution in [2.45, 2.75) is 122 Å². The van der Waals surface area contributed by atoms with Crippen molar-refractivity contribution in [3.05, 3.63) is 11.6 Å². The highest BCUT2D eigenvalue weighted by Gasteiger charge is 2.67. The zero-order chi connectivity index (χ0) is 24.6. The molecule has 6 heteroatoms. The van der Waals surface area contributed by atoms with E-state index in [0.29, 0.717) is 24.4 Å². The maximum absolute atomic E-state index is 12.4. The third-order valence-corrected chi connectivity index (χ3v) is 11.9. The van der Waals surface area contributed by atoms with E-state index in [-0.39, 0.29) is 47.3 Å². The number of hydrogen-bond donors (Lipinski definition) is 2. The molecule has 2 aliphatic heterocycles. The van der Waals surface area contributed by atoms with E-state index in [1.807, 2.05) is 6.92 Å². The Morgan fingerprint density at radius 2 is 1.83 bits per heavy atom. The van der Waals surface area contributed by atoms with Crippen LogP contribution in [0.2, 0.25) is 0 Å². The van der Waals surface area contributed by atoms with Crippen molar-refractivity contribution in [3.8, 4) is 0 Å². The van der Waals surface area contributed by atoms with Crippen molar-refractivity contribution in [2.75, 3.05) is 6.61 Å². The van der Waals surface area contributed by atoms with Crippen LogP contribution >= 0.6 is 0 Å². The van der Waals surface area contributed by atoms with Gasteiger partial charge in [0.2, 0.25) is 0 Å². The monoisotopic (exact) mass is 488 g/mol. The summed E-state index contributed by atoms with van der Waals surface area (Å²) in [6.07, 6.45) is 12.3. The quantitative estimate of drug-likeness (QED) is 0.449. The molecule has 0 radical (unpaired) electrons. The summed E-state index contributed by atoms with van der Waals surface area (Å²) >= 11 is 0. The van der Waals surface area contributed by atoms with Gasteiger partial charge in [0.25, 0.3) is 0 Å². The second-order valence-corrected chi connectivity index (χ2v) is 13.2. The van der Waals surface area contributed by atoms with Gasteiger partial charge >= 0.3 is 5.97 Å². The minimum Gasteiger partial charge on any atom is -0.458 e. The number of rotatable bonds is 3. The van der Waals surface area contributed by atoms with E-state index in [0.717, 1.165) is 69.8 Å². The van der Waals surface area contributed by atoms with Gasteiger partial charge in [-0.15, -0.1) is 0 Å². The minimum atomic E-state index is -0.651. The molecule has 0 aromatic rings. The number of cyclic esters (lactones) is 1. The fraction of sp³-hybridized carbons (Fsp3) is 0.897. The summed E-state index contributed by atoms with van der Waals surface area (Å²) in [4.78, 5) is 11.8. The van der Waals surface area contributed by atoms with E-state index in [1.54, 1.807) is 6.08 Å². The van der Waals surface area contributed by atoms with E-state index in [2.05, 4.69) is 13.8 Å². The number of aliphatic hydroxyl groups is 2. The minimum absolute atomic E-state index is 0.157. The van der Waals surface area contributed by atoms with Crippen LogP contribution in [0.4, 0.5) is 0 Å². The zero-order valence-corrected chi connectivity index (χ0v) is 21.7. The molecular weight excluding hydrogens is 444 g/mol. The number of carbonyl (C=O) groups is 1. The maximum Gasteiger partial charge on any atom is 0.331 e. The molecule has 0 amide bonds. The summed E-state index contributed by atoms with van der Waals surface area (Å²) < 4.78 is 17.6. The Labute approximate surface area is 209 Å². The highest BCUT2D eigenvalue weighted by Crippen LogP contribution is 2.70. The molecule has 6 rings (SSSR count). The first kappa shape index (κ1) is 24.4. The molecular formula is C29H44O6. The van der Waals surface area contributed by atoms with Crippen molar-refractivity contribution in [2.24, 2.45) is 34.5 Å². The summed E-state index contributed by atoms with van der Waals surface area (Å²) in [7, 11) is 0. The predicted molar refractivity (Wildman–Crippen MR) is 130 cm³/mol. The Bertz CT molecular complexity index is 886. The van der Waals surface area contributed by atoms with Gasteiger partial charge in [-0.25, -0.2) is 4.79 Å². The van der Waals surface area contributed by atoms with Crippen LogP contribution in [0.15, 0.2) is 11.6 Å². The largest absolute Gasteiger partial charge is 0.458 e. The van der Waals surface area contributed by atoms with E-state index in [1.165, 1.54) is 6.42 Å². The van der Waals surface area contributed by atoms with E-state index in [9.17, 15) is 15.0 Å². The summed E-state index contributed by atoms with van der Waals surface area (Å²) in [6, 6.07) is 0. The van der Waals surface area contributed by atoms with Gasteiger partial charge in [-0.05, 0) is 106 Å². The van der Waals surface area contributed by atoms with Crippen LogP contribution in [0, 0.1) is 34.5 Å². The molecule has 0 bridgehead atoms. The highest BCUT2D eigenvalue weighted by atomic mass is 16.7. The number of aliphatic hydroxyl groups excluding tert-OH is 1. The van der Waals surface area contributed by atoms with Gasteiger partial charge in [0.15, 0.2) is 6.29 Å². The van der Waals surface area contributed by atoms with Gasteiger partial charge in [-0.1, -0.05) is 13.8 Å². The van der Waals surface area contributed by atoms with Crippen LogP contribution in [-0.2, 0) is 19.0 Å². The molecule has 35 heavy (non-hydrogen) atoms. The molecule has 4 saturated carbocycles. The van der Waals surface area contributed by atoms with Crippen molar-refractivity contribution in [1.82, 2.24) is 0 Å². The van der Waals surface area contributed by atoms with Crippen LogP contribution in [0.5, 0.6) is 0 Å². The molecule has 4 aliphatic carbocycles. The van der Waals surface area contributed by atoms with Crippen LogP contribution in [0.25, 0.3) is 0 Å². The third-order valence-electron chi connectivity index (χ3n) is 11.9. The summed E-state index contributed by atoms with van der Waals surface area (Å²) in [5.41, 5.74) is 0.537. The summed E-state index contributed by atoms with van der Waals surface area (Å²) in [6.45, 7) is 7.14. The SMILES string of the molecule is C[C@H]1O[C@H](O[C@H]2CC[C@@]3(C)[C@H](CC[C@H]4[C@H]3CC[C@]3(C)[C@@H](C5=CC(=O)OC5)CC[C@]43O)C2)CC[C@@H]1O. The molecule has 2 heterocycles. The lowest BCUT2D eigenvalue weighted by Gasteiger charge is -2.63. The molecule has 2 N–H and O–H groups in total. The molecule has 0 spiro atoms. The molecule has 0 aromatic heterocycles. The average molecular weight is 489 g/mol. The van der Waals surface area contributed by atoms with E-state index in [4.69, 9.17) is 14.2 Å². The zero-order valence-electron chi connectivity index (χ0n) is 21.7. The fourth-order valence-corrected chi connectivity index (χ4v) is 9.75. The van der Waals surface area contributed by atoms with Crippen LogP contribution in [0.3, 0.4) is 0 Å². The molecule has 0 aromatic carbocycles. The van der Waals surface area contributed by atoms with Crippen molar-refractivity contribution < 1.29 is 29.2 Å². The molecule has 1 saturated heterocycles. The lowest BCUT2D eigenvalue weighted by molar-refractivity contribution is -0.252. The standard InChI is InChI=1S/C29H44O6/c1-17-24(30)6-7-26(34-17)35-20-8-11-27(2)19(15-20)4-5-23-22(27)9-12-28(3)21(10-13-29(23,28)32)18-14-25(31)33-16-18/h14,17,19-24,26,30,32H,4-13,15-16H2,1-3H3/t17-,19-,20+,21-,22-,23+,24+,26-,27+,28-,29+/m1/s1. The van der Waals surface area contributed by atoms with E-state index < -0.39 is 5.60 Å². The molecule has 5 fully saturated rings. The van der Waals surface area contributed by atoms with Crippen LogP contribution in [0.1, 0.15) is 91.4 Å². The molecule has 0 unspecified atom stereocenters. The van der Waals surface area contributed by atoms with Crippen LogP contribution < -0.4 is 0 Å². The topological polar surface area (TPSA) is 85.2 Å². The number of carbonyl (C=O) groups excluding carboxylic acids is 1. The van der Waals surface area contributed by atoms with E-state index >= 15 is 0 Å². The molecule has 6 nitrogen and oxygen atoms in total. The van der Waals surface area contributed by atoms with Gasteiger partial charge in [-0.2, -0.15) is 0 Å². The Morgan fingerprint density at radius 3 is 2.57 bits per heavy atom. The van der Waals surface area contributed by atoms with Crippen molar-refractivity contribution in [1.29, 1.82) is 0 Å². The highest BCUT2D eigenvalue weighted by molar-refractivity contribution is 5.85. The first-order valence-corrected chi connectivity index (χ1v) is 14.2. The van der Waals surface area contributed by atoms with Crippen molar-refractivity contribution in [3.63, 3.8) is 0 Å². The smallest absolute Gasteiger partial charge is 0.331 e. The normalized spacial score (nSPS) is 53.9. The number of esters is 1. The van der Waals surface area contributed by atoms with Crippen molar-refractivity contribution >= 4 is 5.97 Å². The fourth-order valence-electron chi connectivity index (χ4n) is 9.75. The molecule has 196 valence electrons. The molecule has 11 atom stereocenters. The molecule has 6 aliphatic rings. The lowest BCUT2D eigenvalue weighted by atomic mass is 9.43. The van der Waals surface area contributed by atoms with Crippen LogP contribution in [-0.4, -0.2) is 53.0 Å². The second kappa shape index (κ2) is 8.54.